The molecular weight excluding hydrogens is 284 g/mol. The van der Waals surface area contributed by atoms with Gasteiger partial charge in [0, 0.05) is 12.3 Å². The molecule has 0 aliphatic heterocycles. The fourth-order valence-electron chi connectivity index (χ4n) is 1.29. The molecule has 0 aliphatic carbocycles. The van der Waals surface area contributed by atoms with Crippen LogP contribution in [0.1, 0.15) is 12.5 Å². The second-order valence-corrected chi connectivity index (χ2v) is 5.59. The van der Waals surface area contributed by atoms with E-state index in [1.807, 2.05) is 13.0 Å². The van der Waals surface area contributed by atoms with Crippen molar-refractivity contribution in [1.82, 2.24) is 0 Å². The Labute approximate surface area is 121 Å². The number of carbonyl (C=O) groups excluding carboxylic acids is 1. The van der Waals surface area contributed by atoms with Crippen LogP contribution in [0.4, 0.5) is 5.69 Å². The van der Waals surface area contributed by atoms with Gasteiger partial charge in [-0.2, -0.15) is 17.0 Å². The molecule has 4 nitrogen and oxygen atoms in total. The van der Waals surface area contributed by atoms with Crippen LogP contribution in [-0.2, 0) is 4.79 Å². The van der Waals surface area contributed by atoms with Gasteiger partial charge in [0.1, 0.15) is 6.07 Å². The lowest BCUT2D eigenvalue weighted by Gasteiger charge is -2.08. The Balaban J connectivity index is 2.45. The lowest BCUT2D eigenvalue weighted by atomic mass is 10.2. The van der Waals surface area contributed by atoms with Gasteiger partial charge in [0.15, 0.2) is 0 Å². The van der Waals surface area contributed by atoms with Crippen molar-refractivity contribution in [3.8, 4) is 6.07 Å². The van der Waals surface area contributed by atoms with Crippen LogP contribution in [0.5, 0.6) is 0 Å². The molecule has 6 heteroatoms. The molecule has 0 radical (unpaired) electrons. The first-order valence-electron chi connectivity index (χ1n) is 5.75. The quantitative estimate of drug-likeness (QED) is 0.846. The zero-order valence-corrected chi connectivity index (χ0v) is 12.1. The Kier molecular flexibility index (Phi) is 6.71. The summed E-state index contributed by atoms with van der Waals surface area (Å²) < 4.78 is 0. The number of nitrogens with zero attached hydrogens (tertiary/aromatic N) is 1. The van der Waals surface area contributed by atoms with Crippen LogP contribution in [0.3, 0.4) is 0 Å². The fraction of sp³-hybridized carbons (Fsp3) is 0.385. The number of halogens is 1. The standard InChI is InChI=1S/C13H15ClN2O2S/c1-9(6-17)7-19-8-13(18)16-11-3-2-10(5-15)12(14)4-11/h2-4,9,17H,6-8H2,1H3,(H,16,18). The number of carbonyl (C=O) groups is 1. The number of nitrogens with one attached hydrogen (secondary N) is 1. The predicted molar refractivity (Wildman–Crippen MR) is 78.4 cm³/mol. The van der Waals surface area contributed by atoms with Gasteiger partial charge >= 0.3 is 0 Å². The van der Waals surface area contributed by atoms with Gasteiger partial charge in [-0.05, 0) is 29.9 Å². The average molecular weight is 299 g/mol. The number of aliphatic hydroxyl groups is 1. The van der Waals surface area contributed by atoms with E-state index < -0.39 is 0 Å². The van der Waals surface area contributed by atoms with Gasteiger partial charge in [0.05, 0.1) is 16.3 Å². The van der Waals surface area contributed by atoms with Crippen molar-refractivity contribution < 1.29 is 9.90 Å². The summed E-state index contributed by atoms with van der Waals surface area (Å²) in [5.74, 6) is 1.11. The van der Waals surface area contributed by atoms with Crippen molar-refractivity contribution in [3.63, 3.8) is 0 Å². The van der Waals surface area contributed by atoms with Gasteiger partial charge in [-0.15, -0.1) is 0 Å². The summed E-state index contributed by atoms with van der Waals surface area (Å²) in [6.45, 7) is 2.05. The van der Waals surface area contributed by atoms with E-state index in [4.69, 9.17) is 22.0 Å². The summed E-state index contributed by atoms with van der Waals surface area (Å²) in [5, 5.41) is 20.6. The van der Waals surface area contributed by atoms with Crippen molar-refractivity contribution in [2.75, 3.05) is 23.4 Å². The number of thioether (sulfide) groups is 1. The molecule has 1 unspecified atom stereocenters. The van der Waals surface area contributed by atoms with E-state index in [1.165, 1.54) is 11.8 Å². The molecule has 0 saturated carbocycles. The highest BCUT2D eigenvalue weighted by molar-refractivity contribution is 7.99. The Morgan fingerprint density at radius 2 is 2.37 bits per heavy atom. The van der Waals surface area contributed by atoms with E-state index >= 15 is 0 Å². The van der Waals surface area contributed by atoms with E-state index in [1.54, 1.807) is 18.2 Å². The van der Waals surface area contributed by atoms with E-state index in [-0.39, 0.29) is 18.4 Å². The minimum atomic E-state index is -0.129. The Bertz CT molecular complexity index is 488. The molecule has 1 amide bonds. The fourth-order valence-corrected chi connectivity index (χ4v) is 2.39. The van der Waals surface area contributed by atoms with Crippen molar-refractivity contribution in [1.29, 1.82) is 5.26 Å². The molecule has 1 atom stereocenters. The SMILES string of the molecule is CC(CO)CSCC(=O)Nc1ccc(C#N)c(Cl)c1. The van der Waals surface area contributed by atoms with Gasteiger partial charge in [-0.1, -0.05) is 18.5 Å². The largest absolute Gasteiger partial charge is 0.396 e. The smallest absolute Gasteiger partial charge is 0.234 e. The predicted octanol–water partition coefficient (Wildman–Crippen LogP) is 2.51. The Morgan fingerprint density at radius 1 is 1.63 bits per heavy atom. The van der Waals surface area contributed by atoms with Crippen molar-refractivity contribution in [3.05, 3.63) is 28.8 Å². The minimum absolute atomic E-state index is 0.125. The maximum Gasteiger partial charge on any atom is 0.234 e. The number of hydrogen-bond donors (Lipinski definition) is 2. The van der Waals surface area contributed by atoms with Gasteiger partial charge in [0.2, 0.25) is 5.91 Å². The third-order valence-electron chi connectivity index (χ3n) is 2.32. The molecule has 0 heterocycles. The molecule has 0 aromatic heterocycles. The number of anilines is 1. The number of nitriles is 1. The van der Waals surface area contributed by atoms with E-state index in [9.17, 15) is 4.79 Å². The average Bonchev–Trinajstić information content (AvgIpc) is 2.38. The summed E-state index contributed by atoms with van der Waals surface area (Å²) in [6.07, 6.45) is 0. The zero-order chi connectivity index (χ0) is 14.3. The van der Waals surface area contributed by atoms with Crippen molar-refractivity contribution in [2.24, 2.45) is 5.92 Å². The van der Waals surface area contributed by atoms with Crippen molar-refractivity contribution >= 4 is 35.0 Å². The first-order valence-corrected chi connectivity index (χ1v) is 7.28. The van der Waals surface area contributed by atoms with E-state index in [0.29, 0.717) is 22.0 Å². The van der Waals surface area contributed by atoms with Gasteiger partial charge in [-0.3, -0.25) is 4.79 Å². The molecule has 1 aromatic carbocycles. The molecule has 0 fully saturated rings. The zero-order valence-electron chi connectivity index (χ0n) is 10.5. The van der Waals surface area contributed by atoms with Gasteiger partial charge in [0.25, 0.3) is 0 Å². The second-order valence-electron chi connectivity index (χ2n) is 4.16. The molecule has 0 aliphatic rings. The Morgan fingerprint density at radius 3 is 2.95 bits per heavy atom. The lowest BCUT2D eigenvalue weighted by Crippen LogP contribution is -2.15. The molecule has 2 N–H and O–H groups in total. The number of benzene rings is 1. The summed E-state index contributed by atoms with van der Waals surface area (Å²) >= 11 is 7.34. The topological polar surface area (TPSA) is 73.1 Å². The first-order chi connectivity index (χ1) is 9.06. The van der Waals surface area contributed by atoms with Crippen LogP contribution in [0.25, 0.3) is 0 Å². The lowest BCUT2D eigenvalue weighted by molar-refractivity contribution is -0.113. The number of hydrogen-bond acceptors (Lipinski definition) is 4. The highest BCUT2D eigenvalue weighted by Crippen LogP contribution is 2.20. The summed E-state index contributed by atoms with van der Waals surface area (Å²) in [6, 6.07) is 6.72. The maximum atomic E-state index is 11.6. The van der Waals surface area contributed by atoms with Crippen LogP contribution in [0.15, 0.2) is 18.2 Å². The summed E-state index contributed by atoms with van der Waals surface area (Å²) in [4.78, 5) is 11.6. The summed E-state index contributed by atoms with van der Waals surface area (Å²) in [7, 11) is 0. The van der Waals surface area contributed by atoms with Crippen LogP contribution >= 0.6 is 23.4 Å². The molecule has 0 saturated heterocycles. The number of aliphatic hydroxyl groups excluding tert-OH is 1. The third-order valence-corrected chi connectivity index (χ3v) is 3.90. The van der Waals surface area contributed by atoms with Crippen LogP contribution in [-0.4, -0.2) is 29.1 Å². The van der Waals surface area contributed by atoms with Gasteiger partial charge in [-0.25, -0.2) is 0 Å². The highest BCUT2D eigenvalue weighted by atomic mass is 35.5. The minimum Gasteiger partial charge on any atom is -0.396 e. The highest BCUT2D eigenvalue weighted by Gasteiger charge is 2.07. The molecule has 102 valence electrons. The number of amides is 1. The van der Waals surface area contributed by atoms with E-state index in [2.05, 4.69) is 5.32 Å². The van der Waals surface area contributed by atoms with Crippen LogP contribution < -0.4 is 5.32 Å². The summed E-state index contributed by atoms with van der Waals surface area (Å²) in [5.41, 5.74) is 0.954. The molecule has 19 heavy (non-hydrogen) atoms. The van der Waals surface area contributed by atoms with Crippen LogP contribution in [0, 0.1) is 17.2 Å². The molecule has 1 aromatic rings. The monoisotopic (exact) mass is 298 g/mol. The third kappa shape index (κ3) is 5.52. The Hall–Kier alpha value is -1.22. The normalized spacial score (nSPS) is 11.7. The first kappa shape index (κ1) is 15.8. The number of rotatable bonds is 6. The molecule has 1 rings (SSSR count). The van der Waals surface area contributed by atoms with Gasteiger partial charge < -0.3 is 10.4 Å². The molecule has 0 bridgehead atoms. The molecule has 0 spiro atoms. The van der Waals surface area contributed by atoms with Crippen molar-refractivity contribution in [2.45, 2.75) is 6.92 Å². The van der Waals surface area contributed by atoms with E-state index in [0.717, 1.165) is 5.75 Å². The van der Waals surface area contributed by atoms with Crippen LogP contribution in [0.2, 0.25) is 5.02 Å². The molecular formula is C13H15ClN2O2S. The second kappa shape index (κ2) is 8.05. The maximum absolute atomic E-state index is 11.6.